The van der Waals surface area contributed by atoms with Gasteiger partial charge in [-0.05, 0) is 101 Å². The number of nitrogens with zero attached hydrogens (tertiary/aromatic N) is 7. The summed E-state index contributed by atoms with van der Waals surface area (Å²) in [5.41, 5.74) is 3.07. The minimum absolute atomic E-state index is 0.0364. The molecule has 0 aliphatic carbocycles. The molecular formula is C32H38F2N8. The molecule has 6 heterocycles. The van der Waals surface area contributed by atoms with Crippen LogP contribution in [0.5, 0.6) is 0 Å². The minimum Gasteiger partial charge on any atom is -0.325 e. The summed E-state index contributed by atoms with van der Waals surface area (Å²) in [5, 5.41) is 3.09. The molecular weight excluding hydrogens is 534 g/mol. The van der Waals surface area contributed by atoms with Crippen molar-refractivity contribution in [2.45, 2.75) is 65.0 Å². The first-order valence-corrected chi connectivity index (χ1v) is 15.3. The van der Waals surface area contributed by atoms with Gasteiger partial charge in [0.25, 0.3) is 0 Å². The van der Waals surface area contributed by atoms with Crippen molar-refractivity contribution in [1.29, 1.82) is 0 Å². The first kappa shape index (κ1) is 27.3. The van der Waals surface area contributed by atoms with E-state index in [0.29, 0.717) is 27.8 Å². The second kappa shape index (κ2) is 11.0. The number of halogens is 2. The van der Waals surface area contributed by atoms with Crippen molar-refractivity contribution >= 4 is 22.8 Å². The fraction of sp³-hybridized carbons (Fsp3) is 0.500. The third-order valence-corrected chi connectivity index (χ3v) is 9.82. The number of imidazole rings is 1. The molecule has 3 aliphatic rings. The summed E-state index contributed by atoms with van der Waals surface area (Å²) in [6.45, 7) is 11.1. The van der Waals surface area contributed by atoms with Crippen LogP contribution < -0.4 is 5.32 Å². The Hall–Kier alpha value is -3.50. The Balaban J connectivity index is 1.02. The lowest BCUT2D eigenvalue weighted by Gasteiger charge is -2.46. The molecule has 4 aromatic rings. The summed E-state index contributed by atoms with van der Waals surface area (Å²) >= 11 is 0. The molecule has 0 unspecified atom stereocenters. The van der Waals surface area contributed by atoms with Crippen LogP contribution >= 0.6 is 0 Å². The lowest BCUT2D eigenvalue weighted by molar-refractivity contribution is 0.0340. The first-order valence-electron chi connectivity index (χ1n) is 15.3. The maximum Gasteiger partial charge on any atom is 0.229 e. The van der Waals surface area contributed by atoms with E-state index in [1.165, 1.54) is 44.8 Å². The molecule has 0 bridgehead atoms. The number of aryl methyl sites for hydroxylation is 1. The fourth-order valence-corrected chi connectivity index (χ4v) is 7.10. The van der Waals surface area contributed by atoms with E-state index in [2.05, 4.69) is 55.0 Å². The van der Waals surface area contributed by atoms with E-state index in [-0.39, 0.29) is 17.7 Å². The lowest BCUT2D eigenvalue weighted by Crippen LogP contribution is -2.46. The largest absolute Gasteiger partial charge is 0.325 e. The van der Waals surface area contributed by atoms with Crippen molar-refractivity contribution in [3.63, 3.8) is 0 Å². The van der Waals surface area contributed by atoms with Crippen LogP contribution in [0.4, 0.5) is 20.5 Å². The van der Waals surface area contributed by atoms with E-state index in [0.717, 1.165) is 56.6 Å². The number of hydrogen-bond donors (Lipinski definition) is 1. The number of benzene rings is 1. The van der Waals surface area contributed by atoms with Crippen LogP contribution in [-0.2, 0) is 13.0 Å². The van der Waals surface area contributed by atoms with Crippen molar-refractivity contribution in [3.05, 3.63) is 59.7 Å². The van der Waals surface area contributed by atoms with E-state index >= 15 is 4.39 Å². The number of nitrogens with one attached hydrogen (secondary N) is 1. The topological polar surface area (TPSA) is 75.0 Å². The van der Waals surface area contributed by atoms with Gasteiger partial charge in [-0.25, -0.2) is 28.7 Å². The summed E-state index contributed by atoms with van der Waals surface area (Å²) in [5.74, 6) is 0.545. The van der Waals surface area contributed by atoms with E-state index in [1.54, 1.807) is 6.07 Å². The standard InChI is InChI=1S/C32H38F2N8/c1-3-40-12-8-32(9-13-40)10-14-41(15-11-32)20-22-5-6-27(35-18-22)37-31-36-19-25(34)29(39-31)23-16-24(33)30-26(17-23)42-21(2)4-7-28(42)38-30/h5-6,16-19,21H,3-4,7-15,20H2,1-2H3,(H,35,36,37,39)/t21-/m1/s1. The molecule has 0 saturated carbocycles. The number of aromatic nitrogens is 5. The molecule has 0 radical (unpaired) electrons. The summed E-state index contributed by atoms with van der Waals surface area (Å²) in [7, 11) is 0. The smallest absolute Gasteiger partial charge is 0.229 e. The van der Waals surface area contributed by atoms with Gasteiger partial charge in [0.1, 0.15) is 22.9 Å². The van der Waals surface area contributed by atoms with Crippen molar-refractivity contribution in [2.75, 3.05) is 38.0 Å². The average Bonchev–Trinajstić information content (AvgIpc) is 3.56. The highest BCUT2D eigenvalue weighted by Crippen LogP contribution is 2.41. The molecule has 10 heteroatoms. The SMILES string of the molecule is CCN1CCC2(CC1)CCN(Cc1ccc(Nc3ncc(F)c(-c4cc(F)c5nc6n(c5c4)[C@H](C)CC6)n3)nc1)CC2. The van der Waals surface area contributed by atoms with Gasteiger partial charge in [-0.1, -0.05) is 13.0 Å². The maximum absolute atomic E-state index is 15.0. The number of piperidine rings is 2. The lowest BCUT2D eigenvalue weighted by atomic mass is 9.71. The van der Waals surface area contributed by atoms with Crippen LogP contribution in [0.25, 0.3) is 22.3 Å². The molecule has 1 atom stereocenters. The van der Waals surface area contributed by atoms with Gasteiger partial charge in [-0.3, -0.25) is 4.90 Å². The highest BCUT2D eigenvalue weighted by molar-refractivity contribution is 5.83. The molecule has 0 amide bonds. The van der Waals surface area contributed by atoms with Gasteiger partial charge in [0.2, 0.25) is 5.95 Å². The van der Waals surface area contributed by atoms with Crippen LogP contribution in [-0.4, -0.2) is 67.0 Å². The van der Waals surface area contributed by atoms with Crippen molar-refractivity contribution in [2.24, 2.45) is 5.41 Å². The average molecular weight is 573 g/mol. The third-order valence-electron chi connectivity index (χ3n) is 9.82. The Morgan fingerprint density at radius 1 is 0.929 bits per heavy atom. The highest BCUT2D eigenvalue weighted by Gasteiger charge is 2.37. The van der Waals surface area contributed by atoms with Gasteiger partial charge < -0.3 is 14.8 Å². The molecule has 42 heavy (non-hydrogen) atoms. The zero-order valence-corrected chi connectivity index (χ0v) is 24.4. The Morgan fingerprint density at radius 3 is 2.40 bits per heavy atom. The molecule has 2 fully saturated rings. The molecule has 2 saturated heterocycles. The quantitative estimate of drug-likeness (QED) is 0.299. The van der Waals surface area contributed by atoms with Gasteiger partial charge in [0.05, 0.1) is 11.7 Å². The Bertz CT molecular complexity index is 1580. The normalized spacial score (nSPS) is 20.8. The second-order valence-electron chi connectivity index (χ2n) is 12.4. The number of pyridine rings is 1. The zero-order valence-electron chi connectivity index (χ0n) is 24.4. The zero-order chi connectivity index (χ0) is 28.8. The van der Waals surface area contributed by atoms with Crippen molar-refractivity contribution in [3.8, 4) is 11.3 Å². The molecule has 220 valence electrons. The molecule has 3 aromatic heterocycles. The van der Waals surface area contributed by atoms with Crippen LogP contribution in [0.15, 0.2) is 36.7 Å². The van der Waals surface area contributed by atoms with Gasteiger partial charge >= 0.3 is 0 Å². The summed E-state index contributed by atoms with van der Waals surface area (Å²) < 4.78 is 32.0. The fourth-order valence-electron chi connectivity index (χ4n) is 7.10. The van der Waals surface area contributed by atoms with E-state index in [4.69, 9.17) is 0 Å². The van der Waals surface area contributed by atoms with Crippen LogP contribution in [0, 0.1) is 17.0 Å². The monoisotopic (exact) mass is 572 g/mol. The number of fused-ring (bicyclic) bond motifs is 3. The summed E-state index contributed by atoms with van der Waals surface area (Å²) in [4.78, 5) is 22.7. The van der Waals surface area contributed by atoms with Crippen molar-refractivity contribution < 1.29 is 8.78 Å². The molecule has 1 spiro atoms. The molecule has 1 aromatic carbocycles. The first-order chi connectivity index (χ1) is 20.4. The van der Waals surface area contributed by atoms with Gasteiger partial charge in [-0.15, -0.1) is 0 Å². The van der Waals surface area contributed by atoms with E-state index in [9.17, 15) is 4.39 Å². The number of likely N-dealkylation sites (tertiary alicyclic amines) is 2. The van der Waals surface area contributed by atoms with Crippen LogP contribution in [0.2, 0.25) is 0 Å². The second-order valence-corrected chi connectivity index (χ2v) is 12.4. The predicted molar refractivity (Wildman–Crippen MR) is 160 cm³/mol. The van der Waals surface area contributed by atoms with Crippen molar-refractivity contribution in [1.82, 2.24) is 34.3 Å². The van der Waals surface area contributed by atoms with Gasteiger partial charge in [-0.2, -0.15) is 0 Å². The van der Waals surface area contributed by atoms with E-state index < -0.39 is 11.6 Å². The number of rotatable bonds is 6. The Labute approximate surface area is 245 Å². The Kier molecular flexibility index (Phi) is 7.14. The minimum atomic E-state index is -0.615. The molecule has 3 aliphatic heterocycles. The predicted octanol–water partition coefficient (Wildman–Crippen LogP) is 6.12. The van der Waals surface area contributed by atoms with Gasteiger partial charge in [0, 0.05) is 30.8 Å². The van der Waals surface area contributed by atoms with Crippen LogP contribution in [0.1, 0.15) is 63.4 Å². The summed E-state index contributed by atoms with van der Waals surface area (Å²) in [6, 6.07) is 7.26. The van der Waals surface area contributed by atoms with E-state index in [1.807, 2.05) is 16.8 Å². The highest BCUT2D eigenvalue weighted by atomic mass is 19.1. The molecule has 7 rings (SSSR count). The Morgan fingerprint density at radius 2 is 1.69 bits per heavy atom. The van der Waals surface area contributed by atoms with Crippen LogP contribution in [0.3, 0.4) is 0 Å². The van der Waals surface area contributed by atoms with Gasteiger partial charge in [0.15, 0.2) is 11.6 Å². The molecule has 8 nitrogen and oxygen atoms in total. The maximum atomic E-state index is 15.0. The third kappa shape index (κ3) is 5.15. The number of hydrogen-bond acceptors (Lipinski definition) is 7. The summed E-state index contributed by atoms with van der Waals surface area (Å²) in [6.07, 6.45) is 9.98. The number of anilines is 2. The molecule has 1 N–H and O–H groups in total.